The van der Waals surface area contributed by atoms with E-state index in [2.05, 4.69) is 15.6 Å². The highest BCUT2D eigenvalue weighted by molar-refractivity contribution is 6.30. The number of halogens is 1. The quantitative estimate of drug-likeness (QED) is 0.440. The van der Waals surface area contributed by atoms with Gasteiger partial charge in [0.25, 0.3) is 0 Å². The average molecular weight is 369 g/mol. The molecule has 0 spiro atoms. The number of hydrogen-bond acceptors (Lipinski definition) is 3. The van der Waals surface area contributed by atoms with Gasteiger partial charge in [0.05, 0.1) is 6.54 Å². The summed E-state index contributed by atoms with van der Waals surface area (Å²) in [5.74, 6) is 1.53. The first-order valence-corrected chi connectivity index (χ1v) is 8.70. The third kappa shape index (κ3) is 8.12. The molecule has 1 rings (SSSR count). The maximum Gasteiger partial charge on any atom is 0.225 e. The van der Waals surface area contributed by atoms with Crippen LogP contribution in [0.3, 0.4) is 0 Å². The molecule has 0 atom stereocenters. The summed E-state index contributed by atoms with van der Waals surface area (Å²) in [6, 6.07) is 7.32. The lowest BCUT2D eigenvalue weighted by Gasteiger charge is -2.23. The lowest BCUT2D eigenvalue weighted by atomic mass is 9.96. The van der Waals surface area contributed by atoms with Gasteiger partial charge in [-0.25, -0.2) is 0 Å². The number of amides is 1. The number of benzene rings is 1. The van der Waals surface area contributed by atoms with Gasteiger partial charge in [-0.3, -0.25) is 9.79 Å². The largest absolute Gasteiger partial charge is 0.492 e. The van der Waals surface area contributed by atoms with Crippen LogP contribution in [0.15, 0.2) is 29.3 Å². The Labute approximate surface area is 155 Å². The minimum Gasteiger partial charge on any atom is -0.492 e. The van der Waals surface area contributed by atoms with Crippen molar-refractivity contribution in [1.29, 1.82) is 0 Å². The predicted octanol–water partition coefficient (Wildman–Crippen LogP) is 2.39. The molecule has 0 radical (unpaired) electrons. The zero-order chi connectivity index (χ0) is 18.9. The van der Waals surface area contributed by atoms with Crippen molar-refractivity contribution in [3.63, 3.8) is 0 Å². The number of carbonyl (C=O) groups is 1. The standard InChI is InChI=1S/C18H29ClN4O2/c1-18(2,3)16(24)21-9-10-22-17(20-4)23(5)11-12-25-15-8-6-7-14(19)13-15/h6-8,13H,9-12H2,1-5H3,(H,20,22)(H,21,24). The Morgan fingerprint density at radius 2 is 1.96 bits per heavy atom. The second-order valence-corrected chi connectivity index (χ2v) is 7.14. The number of nitrogens with one attached hydrogen (secondary N) is 2. The maximum atomic E-state index is 11.8. The molecule has 7 heteroatoms. The van der Waals surface area contributed by atoms with E-state index in [1.165, 1.54) is 0 Å². The van der Waals surface area contributed by atoms with Crippen molar-refractivity contribution >= 4 is 23.5 Å². The smallest absolute Gasteiger partial charge is 0.225 e. The van der Waals surface area contributed by atoms with Crippen molar-refractivity contribution in [2.75, 3.05) is 40.3 Å². The van der Waals surface area contributed by atoms with Crippen LogP contribution in [-0.4, -0.2) is 57.1 Å². The molecule has 0 fully saturated rings. The molecule has 1 aromatic rings. The second kappa shape index (κ2) is 10.1. The highest BCUT2D eigenvalue weighted by Crippen LogP contribution is 2.16. The number of aliphatic imine (C=N–C) groups is 1. The summed E-state index contributed by atoms with van der Waals surface area (Å²) in [4.78, 5) is 18.0. The Kier molecular flexibility index (Phi) is 8.55. The minimum atomic E-state index is -0.379. The molecule has 0 aliphatic heterocycles. The van der Waals surface area contributed by atoms with Crippen LogP contribution in [0.2, 0.25) is 5.02 Å². The average Bonchev–Trinajstić information content (AvgIpc) is 2.53. The molecule has 1 amide bonds. The first-order valence-electron chi connectivity index (χ1n) is 8.32. The van der Waals surface area contributed by atoms with Crippen LogP contribution < -0.4 is 15.4 Å². The van der Waals surface area contributed by atoms with E-state index in [9.17, 15) is 4.79 Å². The van der Waals surface area contributed by atoms with E-state index in [4.69, 9.17) is 16.3 Å². The summed E-state index contributed by atoms with van der Waals surface area (Å²) < 4.78 is 5.68. The lowest BCUT2D eigenvalue weighted by molar-refractivity contribution is -0.128. The molecular formula is C18H29ClN4O2. The number of likely N-dealkylation sites (N-methyl/N-ethyl adjacent to an activating group) is 1. The van der Waals surface area contributed by atoms with Crippen LogP contribution in [-0.2, 0) is 4.79 Å². The molecule has 2 N–H and O–H groups in total. The van der Waals surface area contributed by atoms with E-state index in [-0.39, 0.29) is 11.3 Å². The summed E-state index contributed by atoms with van der Waals surface area (Å²) in [6.07, 6.45) is 0. The van der Waals surface area contributed by atoms with E-state index >= 15 is 0 Å². The van der Waals surface area contributed by atoms with Gasteiger partial charge in [0.1, 0.15) is 12.4 Å². The molecular weight excluding hydrogens is 340 g/mol. The highest BCUT2D eigenvalue weighted by Gasteiger charge is 2.20. The molecule has 0 aliphatic rings. The van der Waals surface area contributed by atoms with Crippen molar-refractivity contribution in [2.24, 2.45) is 10.4 Å². The van der Waals surface area contributed by atoms with Gasteiger partial charge in [0.15, 0.2) is 5.96 Å². The van der Waals surface area contributed by atoms with Crippen LogP contribution in [0, 0.1) is 5.41 Å². The van der Waals surface area contributed by atoms with E-state index in [0.717, 1.165) is 11.7 Å². The topological polar surface area (TPSA) is 66.0 Å². The third-order valence-electron chi connectivity index (χ3n) is 3.44. The zero-order valence-corrected chi connectivity index (χ0v) is 16.5. The Hall–Kier alpha value is -1.95. The van der Waals surface area contributed by atoms with Gasteiger partial charge < -0.3 is 20.3 Å². The number of rotatable bonds is 7. The summed E-state index contributed by atoms with van der Waals surface area (Å²) in [6.45, 7) is 8.00. The molecule has 0 bridgehead atoms. The molecule has 0 saturated heterocycles. The monoisotopic (exact) mass is 368 g/mol. The van der Waals surface area contributed by atoms with Crippen molar-refractivity contribution in [1.82, 2.24) is 15.5 Å². The molecule has 0 heterocycles. The minimum absolute atomic E-state index is 0.0348. The van der Waals surface area contributed by atoms with Gasteiger partial charge in [-0.15, -0.1) is 0 Å². The van der Waals surface area contributed by atoms with Crippen LogP contribution in [0.5, 0.6) is 5.75 Å². The second-order valence-electron chi connectivity index (χ2n) is 6.71. The number of ether oxygens (including phenoxy) is 1. The number of nitrogens with zero attached hydrogens (tertiary/aromatic N) is 2. The van der Waals surface area contributed by atoms with Crippen LogP contribution in [0.1, 0.15) is 20.8 Å². The van der Waals surface area contributed by atoms with Gasteiger partial charge in [0.2, 0.25) is 5.91 Å². The predicted molar refractivity (Wildman–Crippen MR) is 103 cm³/mol. The summed E-state index contributed by atoms with van der Waals surface area (Å²) >= 11 is 5.93. The maximum absolute atomic E-state index is 11.8. The fourth-order valence-electron chi connectivity index (χ4n) is 1.96. The fourth-order valence-corrected chi connectivity index (χ4v) is 2.14. The summed E-state index contributed by atoms with van der Waals surface area (Å²) in [5.41, 5.74) is -0.379. The van der Waals surface area contributed by atoms with Crippen LogP contribution in [0.4, 0.5) is 0 Å². The summed E-state index contributed by atoms with van der Waals surface area (Å²) in [5, 5.41) is 6.77. The molecule has 0 unspecified atom stereocenters. The van der Waals surface area contributed by atoms with Gasteiger partial charge in [0, 0.05) is 37.6 Å². The lowest BCUT2D eigenvalue weighted by Crippen LogP contribution is -2.45. The van der Waals surface area contributed by atoms with Crippen molar-refractivity contribution in [2.45, 2.75) is 20.8 Å². The fraction of sp³-hybridized carbons (Fsp3) is 0.556. The van der Waals surface area contributed by atoms with Crippen LogP contribution >= 0.6 is 11.6 Å². The Balaban J connectivity index is 2.30. The van der Waals surface area contributed by atoms with Gasteiger partial charge in [-0.1, -0.05) is 38.4 Å². The van der Waals surface area contributed by atoms with Crippen molar-refractivity contribution in [3.05, 3.63) is 29.3 Å². The van der Waals surface area contributed by atoms with Gasteiger partial charge in [-0.05, 0) is 18.2 Å². The molecule has 6 nitrogen and oxygen atoms in total. The normalized spacial score (nSPS) is 11.8. The number of carbonyl (C=O) groups excluding carboxylic acids is 1. The van der Waals surface area contributed by atoms with Crippen molar-refractivity contribution < 1.29 is 9.53 Å². The van der Waals surface area contributed by atoms with E-state index in [1.807, 2.05) is 50.9 Å². The molecule has 0 aliphatic carbocycles. The molecule has 1 aromatic carbocycles. The first kappa shape index (κ1) is 21.1. The Morgan fingerprint density at radius 1 is 1.28 bits per heavy atom. The van der Waals surface area contributed by atoms with E-state index in [1.54, 1.807) is 13.1 Å². The molecule has 140 valence electrons. The molecule has 0 saturated carbocycles. The Morgan fingerprint density at radius 3 is 2.56 bits per heavy atom. The molecule has 0 aromatic heterocycles. The van der Waals surface area contributed by atoms with Crippen molar-refractivity contribution in [3.8, 4) is 5.75 Å². The Bertz CT molecular complexity index is 585. The van der Waals surface area contributed by atoms with E-state index in [0.29, 0.717) is 31.3 Å². The SMILES string of the molecule is CN=C(NCCNC(=O)C(C)(C)C)N(C)CCOc1cccc(Cl)c1. The highest BCUT2D eigenvalue weighted by atomic mass is 35.5. The van der Waals surface area contributed by atoms with Gasteiger partial charge in [-0.2, -0.15) is 0 Å². The number of hydrogen-bond donors (Lipinski definition) is 2. The third-order valence-corrected chi connectivity index (χ3v) is 3.67. The van der Waals surface area contributed by atoms with Crippen LogP contribution in [0.25, 0.3) is 0 Å². The first-order chi connectivity index (χ1) is 11.7. The van der Waals surface area contributed by atoms with Gasteiger partial charge >= 0.3 is 0 Å². The summed E-state index contributed by atoms with van der Waals surface area (Å²) in [7, 11) is 3.66. The number of guanidine groups is 1. The van der Waals surface area contributed by atoms with E-state index < -0.39 is 0 Å². The molecule has 25 heavy (non-hydrogen) atoms. The zero-order valence-electron chi connectivity index (χ0n) is 15.7.